The van der Waals surface area contributed by atoms with Gasteiger partial charge in [-0.2, -0.15) is 0 Å². The topological polar surface area (TPSA) is 28.2 Å². The molecule has 1 saturated heterocycles. The van der Waals surface area contributed by atoms with Crippen molar-refractivity contribution in [1.82, 2.24) is 15.2 Å². The largest absolute Gasteiger partial charge is 0.311 e. The van der Waals surface area contributed by atoms with E-state index >= 15 is 0 Å². The van der Waals surface area contributed by atoms with Gasteiger partial charge in [0.25, 0.3) is 0 Å². The van der Waals surface area contributed by atoms with Crippen LogP contribution in [0.5, 0.6) is 0 Å². The quantitative estimate of drug-likeness (QED) is 0.898. The SMILES string of the molecule is CCc1cnc(C(C)N2CCCC(NC(C)C)C2)s1. The third-order valence-electron chi connectivity index (χ3n) is 3.85. The summed E-state index contributed by atoms with van der Waals surface area (Å²) < 4.78 is 0. The van der Waals surface area contributed by atoms with Gasteiger partial charge in [-0.05, 0) is 32.7 Å². The van der Waals surface area contributed by atoms with Crippen molar-refractivity contribution in [2.24, 2.45) is 0 Å². The van der Waals surface area contributed by atoms with Crippen LogP contribution in [0.4, 0.5) is 0 Å². The summed E-state index contributed by atoms with van der Waals surface area (Å²) in [4.78, 5) is 8.59. The molecule has 0 spiro atoms. The van der Waals surface area contributed by atoms with Gasteiger partial charge in [0.15, 0.2) is 0 Å². The number of nitrogens with one attached hydrogen (secondary N) is 1. The van der Waals surface area contributed by atoms with E-state index in [1.165, 1.54) is 29.3 Å². The molecule has 2 rings (SSSR count). The molecule has 108 valence electrons. The summed E-state index contributed by atoms with van der Waals surface area (Å²) in [5, 5.41) is 4.96. The molecule has 0 aliphatic carbocycles. The van der Waals surface area contributed by atoms with Gasteiger partial charge in [-0.3, -0.25) is 4.90 Å². The van der Waals surface area contributed by atoms with Crippen LogP contribution in [0.3, 0.4) is 0 Å². The summed E-state index contributed by atoms with van der Waals surface area (Å²) in [5.74, 6) is 0. The van der Waals surface area contributed by atoms with E-state index in [0.29, 0.717) is 18.1 Å². The first-order chi connectivity index (χ1) is 9.10. The van der Waals surface area contributed by atoms with E-state index in [-0.39, 0.29) is 0 Å². The summed E-state index contributed by atoms with van der Waals surface area (Å²) in [6.45, 7) is 11.3. The van der Waals surface area contributed by atoms with Gasteiger partial charge >= 0.3 is 0 Å². The Morgan fingerprint density at radius 3 is 2.89 bits per heavy atom. The number of thiazole rings is 1. The second kappa shape index (κ2) is 6.82. The number of rotatable bonds is 5. The summed E-state index contributed by atoms with van der Waals surface area (Å²) in [6.07, 6.45) is 5.74. The van der Waals surface area contributed by atoms with Crippen molar-refractivity contribution >= 4 is 11.3 Å². The van der Waals surface area contributed by atoms with Crippen molar-refractivity contribution in [3.8, 4) is 0 Å². The molecule has 2 unspecified atom stereocenters. The van der Waals surface area contributed by atoms with Crippen LogP contribution in [-0.2, 0) is 6.42 Å². The van der Waals surface area contributed by atoms with Crippen molar-refractivity contribution in [2.45, 2.75) is 65.1 Å². The van der Waals surface area contributed by atoms with Gasteiger partial charge in [-0.15, -0.1) is 11.3 Å². The predicted octanol–water partition coefficient (Wildman–Crippen LogP) is 3.23. The van der Waals surface area contributed by atoms with Crippen molar-refractivity contribution in [1.29, 1.82) is 0 Å². The van der Waals surface area contributed by atoms with Crippen molar-refractivity contribution < 1.29 is 0 Å². The minimum absolute atomic E-state index is 0.460. The molecule has 1 aromatic rings. The van der Waals surface area contributed by atoms with E-state index in [1.54, 1.807) is 0 Å². The van der Waals surface area contributed by atoms with Gasteiger partial charge in [0.05, 0.1) is 6.04 Å². The number of hydrogen-bond donors (Lipinski definition) is 1. The Morgan fingerprint density at radius 1 is 1.47 bits per heavy atom. The zero-order chi connectivity index (χ0) is 13.8. The molecule has 0 bridgehead atoms. The maximum atomic E-state index is 4.60. The van der Waals surface area contributed by atoms with E-state index in [9.17, 15) is 0 Å². The lowest BCUT2D eigenvalue weighted by Crippen LogP contribution is -2.48. The Morgan fingerprint density at radius 2 is 2.26 bits per heavy atom. The molecule has 4 heteroatoms. The molecule has 0 saturated carbocycles. The highest BCUT2D eigenvalue weighted by Gasteiger charge is 2.25. The number of nitrogens with zero attached hydrogens (tertiary/aromatic N) is 2. The Labute approximate surface area is 121 Å². The van der Waals surface area contributed by atoms with Crippen molar-refractivity contribution in [3.05, 3.63) is 16.1 Å². The number of hydrogen-bond acceptors (Lipinski definition) is 4. The molecular formula is C15H27N3S. The average molecular weight is 281 g/mol. The standard InChI is InChI=1S/C15H27N3S/c1-5-14-9-16-15(19-14)12(4)18-8-6-7-13(10-18)17-11(2)3/h9,11-13,17H,5-8,10H2,1-4H3. The van der Waals surface area contributed by atoms with Crippen LogP contribution in [0, 0.1) is 0 Å². The van der Waals surface area contributed by atoms with Gasteiger partial charge in [-0.1, -0.05) is 20.8 Å². The predicted molar refractivity (Wildman–Crippen MR) is 82.8 cm³/mol. The molecule has 0 aromatic carbocycles. The molecular weight excluding hydrogens is 254 g/mol. The first kappa shape index (κ1) is 14.9. The maximum Gasteiger partial charge on any atom is 0.110 e. The molecule has 3 nitrogen and oxygen atoms in total. The highest BCUT2D eigenvalue weighted by Crippen LogP contribution is 2.27. The first-order valence-corrected chi connectivity index (χ1v) is 8.36. The molecule has 0 radical (unpaired) electrons. The number of piperidine rings is 1. The number of aromatic nitrogens is 1. The van der Waals surface area contributed by atoms with Gasteiger partial charge in [-0.25, -0.2) is 4.98 Å². The van der Waals surface area contributed by atoms with Crippen LogP contribution in [-0.4, -0.2) is 35.1 Å². The second-order valence-corrected chi connectivity index (χ2v) is 7.00. The molecule has 1 aliphatic heterocycles. The normalized spacial score (nSPS) is 22.9. The second-order valence-electron chi connectivity index (χ2n) is 5.85. The van der Waals surface area contributed by atoms with Gasteiger partial charge in [0.1, 0.15) is 5.01 Å². The summed E-state index contributed by atoms with van der Waals surface area (Å²) >= 11 is 1.88. The Kier molecular flexibility index (Phi) is 5.37. The maximum absolute atomic E-state index is 4.60. The van der Waals surface area contributed by atoms with Crippen LogP contribution in [0.15, 0.2) is 6.20 Å². The third-order valence-corrected chi connectivity index (χ3v) is 5.16. The minimum atomic E-state index is 0.460. The first-order valence-electron chi connectivity index (χ1n) is 7.54. The molecule has 1 aromatic heterocycles. The molecule has 19 heavy (non-hydrogen) atoms. The molecule has 2 atom stereocenters. The van der Waals surface area contributed by atoms with E-state index in [4.69, 9.17) is 0 Å². The van der Waals surface area contributed by atoms with Crippen LogP contribution in [0.25, 0.3) is 0 Å². The molecule has 2 heterocycles. The summed E-state index contributed by atoms with van der Waals surface area (Å²) in [5.41, 5.74) is 0. The molecule has 1 aliphatic rings. The van der Waals surface area contributed by atoms with Crippen LogP contribution >= 0.6 is 11.3 Å². The highest BCUT2D eigenvalue weighted by atomic mass is 32.1. The zero-order valence-electron chi connectivity index (χ0n) is 12.6. The van der Waals surface area contributed by atoms with E-state index in [1.807, 2.05) is 17.5 Å². The summed E-state index contributed by atoms with van der Waals surface area (Å²) in [6, 6.07) is 1.68. The molecule has 1 fully saturated rings. The monoisotopic (exact) mass is 281 g/mol. The fourth-order valence-electron chi connectivity index (χ4n) is 2.80. The lowest BCUT2D eigenvalue weighted by atomic mass is 10.0. The van der Waals surface area contributed by atoms with Crippen molar-refractivity contribution in [3.63, 3.8) is 0 Å². The Hall–Kier alpha value is -0.450. The van der Waals surface area contributed by atoms with Crippen molar-refractivity contribution in [2.75, 3.05) is 13.1 Å². The van der Waals surface area contributed by atoms with Gasteiger partial charge in [0.2, 0.25) is 0 Å². The number of likely N-dealkylation sites (tertiary alicyclic amines) is 1. The fourth-order valence-corrected chi connectivity index (χ4v) is 3.74. The Bertz CT molecular complexity index is 388. The molecule has 1 N–H and O–H groups in total. The highest BCUT2D eigenvalue weighted by molar-refractivity contribution is 7.11. The zero-order valence-corrected chi connectivity index (χ0v) is 13.5. The van der Waals surface area contributed by atoms with E-state index in [2.05, 4.69) is 42.9 Å². The van der Waals surface area contributed by atoms with Crippen LogP contribution in [0.1, 0.15) is 56.5 Å². The Balaban J connectivity index is 1.96. The lowest BCUT2D eigenvalue weighted by Gasteiger charge is -2.37. The van der Waals surface area contributed by atoms with E-state index in [0.717, 1.165) is 13.0 Å². The molecule has 0 amide bonds. The van der Waals surface area contributed by atoms with Crippen LogP contribution in [0.2, 0.25) is 0 Å². The van der Waals surface area contributed by atoms with Gasteiger partial charge in [0, 0.05) is 29.7 Å². The average Bonchev–Trinajstić information content (AvgIpc) is 2.86. The third kappa shape index (κ3) is 4.01. The van der Waals surface area contributed by atoms with Crippen LogP contribution < -0.4 is 5.32 Å². The fraction of sp³-hybridized carbons (Fsp3) is 0.800. The van der Waals surface area contributed by atoms with E-state index < -0.39 is 0 Å². The lowest BCUT2D eigenvalue weighted by molar-refractivity contribution is 0.142. The number of aryl methyl sites for hydroxylation is 1. The minimum Gasteiger partial charge on any atom is -0.311 e. The van der Waals surface area contributed by atoms with Gasteiger partial charge < -0.3 is 5.32 Å². The summed E-state index contributed by atoms with van der Waals surface area (Å²) in [7, 11) is 0. The smallest absolute Gasteiger partial charge is 0.110 e.